The lowest BCUT2D eigenvalue weighted by molar-refractivity contribution is 0.405. The lowest BCUT2D eigenvalue weighted by Crippen LogP contribution is -2.23. The van der Waals surface area contributed by atoms with Gasteiger partial charge in [-0.25, -0.2) is 4.98 Å². The average molecular weight is 334 g/mol. The number of hydrogen-bond acceptors (Lipinski definition) is 5. The molecule has 0 bridgehead atoms. The van der Waals surface area contributed by atoms with Crippen LogP contribution in [0.2, 0.25) is 0 Å². The van der Waals surface area contributed by atoms with Crippen LogP contribution in [0.3, 0.4) is 0 Å². The first kappa shape index (κ1) is 17.1. The molecule has 6 nitrogen and oxygen atoms in total. The summed E-state index contributed by atoms with van der Waals surface area (Å²) in [5, 5.41) is 6.27. The van der Waals surface area contributed by atoms with Crippen LogP contribution in [-0.2, 0) is 12.8 Å². The molecular weight excluding hydrogens is 312 g/mol. The van der Waals surface area contributed by atoms with Crippen LogP contribution in [0, 0.1) is 0 Å². The van der Waals surface area contributed by atoms with Crippen LogP contribution in [0.4, 0.5) is 5.69 Å². The number of methoxy groups -OCH3 is 2. The fraction of sp³-hybridized carbons (Fsp3) is 0.375. The Morgan fingerprint density at radius 3 is 2.83 bits per heavy atom. The van der Waals surface area contributed by atoms with Crippen molar-refractivity contribution in [2.75, 3.05) is 26.1 Å². The number of ether oxygens (including phenoxy) is 2. The van der Waals surface area contributed by atoms with Crippen molar-refractivity contribution in [1.29, 1.82) is 0 Å². The maximum atomic E-state index is 5.94. The predicted octanol–water partition coefficient (Wildman–Crippen LogP) is 2.69. The molecule has 0 aliphatic carbocycles. The van der Waals surface area contributed by atoms with E-state index in [1.165, 1.54) is 0 Å². The van der Waals surface area contributed by atoms with E-state index in [-0.39, 0.29) is 0 Å². The Balaban J connectivity index is 1.96. The van der Waals surface area contributed by atoms with Crippen molar-refractivity contribution in [3.8, 4) is 11.5 Å². The number of nitrogens with zero attached hydrogens (tertiary/aromatic N) is 2. The second-order valence-electron chi connectivity index (χ2n) is 4.79. The Hall–Kier alpha value is -2.28. The summed E-state index contributed by atoms with van der Waals surface area (Å²) >= 11 is 1.68. The van der Waals surface area contributed by atoms with Crippen LogP contribution in [0.25, 0.3) is 0 Å². The fourth-order valence-electron chi connectivity index (χ4n) is 2.01. The molecule has 0 radical (unpaired) electrons. The van der Waals surface area contributed by atoms with E-state index < -0.39 is 0 Å². The van der Waals surface area contributed by atoms with Gasteiger partial charge in [-0.1, -0.05) is 6.92 Å². The number of aromatic nitrogens is 1. The van der Waals surface area contributed by atoms with Crippen LogP contribution >= 0.6 is 11.3 Å². The van der Waals surface area contributed by atoms with E-state index in [0.29, 0.717) is 18.3 Å². The minimum absolute atomic E-state index is 0.336. The van der Waals surface area contributed by atoms with Gasteiger partial charge in [0.2, 0.25) is 0 Å². The van der Waals surface area contributed by atoms with Crippen molar-refractivity contribution in [2.24, 2.45) is 10.7 Å². The average Bonchev–Trinajstić information content (AvgIpc) is 3.02. The van der Waals surface area contributed by atoms with Gasteiger partial charge in [-0.15, -0.1) is 11.3 Å². The van der Waals surface area contributed by atoms with E-state index in [9.17, 15) is 0 Å². The first-order valence-corrected chi connectivity index (χ1v) is 8.26. The van der Waals surface area contributed by atoms with Gasteiger partial charge in [0.05, 0.1) is 30.6 Å². The lowest BCUT2D eigenvalue weighted by Gasteiger charge is -2.12. The largest absolute Gasteiger partial charge is 0.497 e. The molecule has 3 N–H and O–H groups in total. The highest BCUT2D eigenvalue weighted by Gasteiger charge is 2.06. The van der Waals surface area contributed by atoms with Gasteiger partial charge >= 0.3 is 0 Å². The molecule has 23 heavy (non-hydrogen) atoms. The van der Waals surface area contributed by atoms with Crippen molar-refractivity contribution in [3.05, 3.63) is 34.3 Å². The van der Waals surface area contributed by atoms with Crippen LogP contribution in [0.5, 0.6) is 11.5 Å². The predicted molar refractivity (Wildman–Crippen MR) is 94.9 cm³/mol. The lowest BCUT2D eigenvalue weighted by atomic mass is 10.2. The van der Waals surface area contributed by atoms with Gasteiger partial charge in [0.1, 0.15) is 11.5 Å². The summed E-state index contributed by atoms with van der Waals surface area (Å²) in [6.07, 6.45) is 1.74. The summed E-state index contributed by atoms with van der Waals surface area (Å²) in [5.74, 6) is 1.73. The number of anilines is 1. The zero-order chi connectivity index (χ0) is 16.7. The molecule has 0 saturated heterocycles. The van der Waals surface area contributed by atoms with Gasteiger partial charge in [-0.3, -0.25) is 4.99 Å². The number of nitrogens with two attached hydrogens (primary N) is 1. The number of aliphatic imine (C=N–C) groups is 1. The third kappa shape index (κ3) is 4.85. The van der Waals surface area contributed by atoms with Crippen molar-refractivity contribution in [2.45, 2.75) is 19.8 Å². The molecule has 1 aromatic carbocycles. The molecule has 0 saturated carbocycles. The van der Waals surface area contributed by atoms with Crippen LogP contribution < -0.4 is 20.5 Å². The van der Waals surface area contributed by atoms with Crippen molar-refractivity contribution >= 4 is 23.0 Å². The van der Waals surface area contributed by atoms with E-state index in [4.69, 9.17) is 15.2 Å². The molecule has 1 heterocycles. The molecule has 0 fully saturated rings. The van der Waals surface area contributed by atoms with Crippen LogP contribution in [0.15, 0.2) is 28.6 Å². The molecule has 0 atom stereocenters. The van der Waals surface area contributed by atoms with Crippen LogP contribution in [0.1, 0.15) is 17.6 Å². The summed E-state index contributed by atoms with van der Waals surface area (Å²) < 4.78 is 10.5. The highest BCUT2D eigenvalue weighted by Crippen LogP contribution is 2.28. The summed E-state index contributed by atoms with van der Waals surface area (Å²) in [4.78, 5) is 8.84. The van der Waals surface area contributed by atoms with E-state index >= 15 is 0 Å². The number of hydrogen-bond donors (Lipinski definition) is 2. The van der Waals surface area contributed by atoms with Crippen LogP contribution in [-0.4, -0.2) is 31.7 Å². The maximum Gasteiger partial charge on any atom is 0.193 e. The van der Waals surface area contributed by atoms with E-state index in [1.54, 1.807) is 25.6 Å². The first-order valence-electron chi connectivity index (χ1n) is 7.38. The summed E-state index contributed by atoms with van der Waals surface area (Å²) in [6.45, 7) is 2.68. The molecule has 7 heteroatoms. The Bertz CT molecular complexity index is 670. The molecule has 2 aromatic rings. The third-order valence-corrected chi connectivity index (χ3v) is 4.26. The Morgan fingerprint density at radius 1 is 1.35 bits per heavy atom. The standard InChI is InChI=1S/C16H22N4O2S/c1-4-15-19-11(10-23-15)7-8-18-16(17)20-13-9-12(21-2)5-6-14(13)22-3/h5-6,9-10H,4,7-8H2,1-3H3,(H3,17,18,20). The maximum absolute atomic E-state index is 5.94. The highest BCUT2D eigenvalue weighted by molar-refractivity contribution is 7.09. The number of benzene rings is 1. The Labute approximate surface area is 140 Å². The van der Waals surface area contributed by atoms with Crippen molar-refractivity contribution in [3.63, 3.8) is 0 Å². The molecule has 0 spiro atoms. The summed E-state index contributed by atoms with van der Waals surface area (Å²) in [7, 11) is 3.22. The Kier molecular flexibility index (Phi) is 6.22. The molecule has 1 aromatic heterocycles. The monoisotopic (exact) mass is 334 g/mol. The molecule has 124 valence electrons. The fourth-order valence-corrected chi connectivity index (χ4v) is 2.79. The first-order chi connectivity index (χ1) is 11.2. The Morgan fingerprint density at radius 2 is 2.17 bits per heavy atom. The molecule has 0 amide bonds. The van der Waals surface area contributed by atoms with Gasteiger partial charge in [-0.05, 0) is 18.6 Å². The normalized spacial score (nSPS) is 11.3. The van der Waals surface area contributed by atoms with E-state index in [1.807, 2.05) is 18.2 Å². The van der Waals surface area contributed by atoms with Crippen molar-refractivity contribution < 1.29 is 9.47 Å². The smallest absolute Gasteiger partial charge is 0.193 e. The second kappa shape index (κ2) is 8.38. The van der Waals surface area contributed by atoms with Gasteiger partial charge in [0.25, 0.3) is 0 Å². The molecular formula is C16H22N4O2S. The number of thiazole rings is 1. The minimum atomic E-state index is 0.336. The minimum Gasteiger partial charge on any atom is -0.497 e. The van der Waals surface area contributed by atoms with Gasteiger partial charge in [-0.2, -0.15) is 0 Å². The quantitative estimate of drug-likeness (QED) is 0.601. The van der Waals surface area contributed by atoms with Crippen molar-refractivity contribution in [1.82, 2.24) is 4.98 Å². The van der Waals surface area contributed by atoms with E-state index in [0.717, 1.165) is 35.0 Å². The third-order valence-electron chi connectivity index (χ3n) is 3.22. The number of guanidine groups is 1. The number of aryl methyl sites for hydroxylation is 1. The van der Waals surface area contributed by atoms with Gasteiger partial charge < -0.3 is 20.5 Å². The molecule has 0 aliphatic rings. The zero-order valence-electron chi connectivity index (χ0n) is 13.6. The topological polar surface area (TPSA) is 81.8 Å². The van der Waals surface area contributed by atoms with Gasteiger partial charge in [0.15, 0.2) is 5.96 Å². The SMILES string of the molecule is CCc1nc(CCN=C(N)Nc2cc(OC)ccc2OC)cs1. The number of rotatable bonds is 7. The molecule has 0 unspecified atom stereocenters. The highest BCUT2D eigenvalue weighted by atomic mass is 32.1. The second-order valence-corrected chi connectivity index (χ2v) is 5.74. The number of nitrogens with one attached hydrogen (secondary N) is 1. The zero-order valence-corrected chi connectivity index (χ0v) is 14.4. The summed E-state index contributed by atoms with van der Waals surface area (Å²) in [5.41, 5.74) is 7.72. The summed E-state index contributed by atoms with van der Waals surface area (Å²) in [6, 6.07) is 5.45. The molecule has 0 aliphatic heterocycles. The van der Waals surface area contributed by atoms with Gasteiger partial charge in [0, 0.05) is 24.4 Å². The van der Waals surface area contributed by atoms with E-state index in [2.05, 4.69) is 27.6 Å². The molecule has 2 rings (SSSR count).